The van der Waals surface area contributed by atoms with Gasteiger partial charge in [0.1, 0.15) is 5.75 Å². The van der Waals surface area contributed by atoms with Gasteiger partial charge in [0, 0.05) is 0 Å². The molecule has 4 nitrogen and oxygen atoms in total. The Balaban J connectivity index is 2.61. The molecule has 2 aromatic rings. The summed E-state index contributed by atoms with van der Waals surface area (Å²) in [4.78, 5) is 12.0. The van der Waals surface area contributed by atoms with Gasteiger partial charge >= 0.3 is 5.97 Å². The summed E-state index contributed by atoms with van der Waals surface area (Å²) in [5.74, 6) is 0.0743. The van der Waals surface area contributed by atoms with Gasteiger partial charge in [0.05, 0.1) is 19.2 Å². The zero-order chi connectivity index (χ0) is 21.8. The maximum absolute atomic E-state index is 12.0. The van der Waals surface area contributed by atoms with Gasteiger partial charge in [-0.25, -0.2) is 0 Å². The Morgan fingerprint density at radius 2 is 1.48 bits per heavy atom. The number of nitrogens with one attached hydrogen (secondary N) is 1. The van der Waals surface area contributed by atoms with Crippen molar-refractivity contribution in [2.45, 2.75) is 65.3 Å². The summed E-state index contributed by atoms with van der Waals surface area (Å²) in [6, 6.07) is 14.0. The Bertz CT molecular complexity index is 794. The zero-order valence-corrected chi connectivity index (χ0v) is 18.8. The molecule has 0 aliphatic carbocycles. The van der Waals surface area contributed by atoms with Gasteiger partial charge in [0.15, 0.2) is 0 Å². The maximum Gasteiger partial charge on any atom is 0.319 e. The van der Waals surface area contributed by atoms with Crippen LogP contribution in [0.15, 0.2) is 42.5 Å². The molecule has 0 amide bonds. The summed E-state index contributed by atoms with van der Waals surface area (Å²) in [7, 11) is 0. The minimum absolute atomic E-state index is 0.115. The van der Waals surface area contributed by atoms with Crippen LogP contribution in [-0.4, -0.2) is 24.2 Å². The van der Waals surface area contributed by atoms with Crippen molar-refractivity contribution in [2.24, 2.45) is 0 Å². The molecule has 0 bridgehead atoms. The van der Waals surface area contributed by atoms with Crippen LogP contribution in [0.4, 0.5) is 0 Å². The molecule has 2 aromatic carbocycles. The van der Waals surface area contributed by atoms with Crippen LogP contribution in [0.1, 0.15) is 76.8 Å². The number of rotatable bonds is 6. The van der Waals surface area contributed by atoms with Gasteiger partial charge in [-0.15, -0.1) is 0 Å². The van der Waals surface area contributed by atoms with Crippen molar-refractivity contribution in [1.82, 2.24) is 5.32 Å². The molecule has 2 N–H and O–H groups in total. The van der Waals surface area contributed by atoms with E-state index in [1.54, 1.807) is 6.92 Å². The van der Waals surface area contributed by atoms with Crippen molar-refractivity contribution < 1.29 is 14.6 Å². The summed E-state index contributed by atoms with van der Waals surface area (Å²) in [6.45, 7) is 14.9. The molecule has 158 valence electrons. The fourth-order valence-corrected chi connectivity index (χ4v) is 3.44. The molecule has 2 rings (SSSR count). The van der Waals surface area contributed by atoms with Crippen molar-refractivity contribution in [3.63, 3.8) is 0 Å². The Morgan fingerprint density at radius 1 is 0.966 bits per heavy atom. The third kappa shape index (κ3) is 5.83. The predicted molar refractivity (Wildman–Crippen MR) is 118 cm³/mol. The molecule has 0 radical (unpaired) electrons. The van der Waals surface area contributed by atoms with Crippen LogP contribution in [0.5, 0.6) is 5.75 Å². The molecule has 0 aliphatic rings. The average Bonchev–Trinajstić information content (AvgIpc) is 2.62. The van der Waals surface area contributed by atoms with Crippen molar-refractivity contribution in [2.75, 3.05) is 13.2 Å². The highest BCUT2D eigenvalue weighted by molar-refractivity contribution is 5.71. The van der Waals surface area contributed by atoms with E-state index < -0.39 is 0 Å². The molecule has 0 heterocycles. The first-order valence-electron chi connectivity index (χ1n) is 10.3. The Hall–Kier alpha value is -2.33. The van der Waals surface area contributed by atoms with Gasteiger partial charge in [-0.05, 0) is 52.1 Å². The van der Waals surface area contributed by atoms with Gasteiger partial charge in [-0.3, -0.25) is 10.1 Å². The van der Waals surface area contributed by atoms with Crippen LogP contribution in [0, 0.1) is 0 Å². The van der Waals surface area contributed by atoms with Crippen molar-refractivity contribution in [3.8, 4) is 5.75 Å². The number of esters is 1. The molecular formula is C25H35NO3. The Morgan fingerprint density at radius 3 is 1.93 bits per heavy atom. The molecule has 4 heteroatoms. The number of hydrogen-bond donors (Lipinski definition) is 2. The Kier molecular flexibility index (Phi) is 7.12. The second-order valence-electron chi connectivity index (χ2n) is 9.49. The lowest BCUT2D eigenvalue weighted by Gasteiger charge is -2.30. The van der Waals surface area contributed by atoms with E-state index >= 15 is 0 Å². The standard InChI is InChI=1S/C25H35NO3/c1-8-29-21(27)16-26-22(17-12-10-9-11-13-17)18-14-19(24(2,3)4)23(28)20(15-18)25(5,6)7/h9-15,22,26,28H,8,16H2,1-7H3. The third-order valence-corrected chi connectivity index (χ3v) is 4.97. The third-order valence-electron chi connectivity index (χ3n) is 4.97. The fourth-order valence-electron chi connectivity index (χ4n) is 3.44. The summed E-state index contributed by atoms with van der Waals surface area (Å²) in [6.07, 6.45) is 0. The number of aromatic hydroxyl groups is 1. The number of phenols is 1. The van der Waals surface area contributed by atoms with Crippen LogP contribution < -0.4 is 5.32 Å². The molecule has 1 unspecified atom stereocenters. The average molecular weight is 398 g/mol. The lowest BCUT2D eigenvalue weighted by molar-refractivity contribution is -0.142. The molecule has 1 atom stereocenters. The number of ether oxygens (including phenoxy) is 1. The van der Waals surface area contributed by atoms with Crippen LogP contribution >= 0.6 is 0 Å². The quantitative estimate of drug-likeness (QED) is 0.655. The van der Waals surface area contributed by atoms with Crippen LogP contribution in [0.2, 0.25) is 0 Å². The van der Waals surface area contributed by atoms with E-state index in [1.807, 2.05) is 30.3 Å². The second-order valence-corrected chi connectivity index (χ2v) is 9.49. The largest absolute Gasteiger partial charge is 0.507 e. The van der Waals surface area contributed by atoms with E-state index in [1.165, 1.54) is 0 Å². The second kappa shape index (κ2) is 9.00. The van der Waals surface area contributed by atoms with Crippen molar-refractivity contribution >= 4 is 5.97 Å². The van der Waals surface area contributed by atoms with Gasteiger partial charge in [-0.2, -0.15) is 0 Å². The molecule has 29 heavy (non-hydrogen) atoms. The van der Waals surface area contributed by atoms with E-state index in [0.29, 0.717) is 12.4 Å². The Labute approximate surface area is 175 Å². The molecule has 0 aliphatic heterocycles. The number of hydrogen-bond acceptors (Lipinski definition) is 4. The van der Waals surface area contributed by atoms with Crippen LogP contribution in [0.3, 0.4) is 0 Å². The van der Waals surface area contributed by atoms with Gasteiger partial charge in [0.2, 0.25) is 0 Å². The number of benzene rings is 2. The van der Waals surface area contributed by atoms with Crippen molar-refractivity contribution in [3.05, 3.63) is 64.7 Å². The summed E-state index contributed by atoms with van der Waals surface area (Å²) in [5, 5.41) is 14.4. The van der Waals surface area contributed by atoms with E-state index in [-0.39, 0.29) is 29.4 Å². The molecule has 0 saturated heterocycles. The lowest BCUT2D eigenvalue weighted by Crippen LogP contribution is -2.30. The summed E-state index contributed by atoms with van der Waals surface area (Å²) in [5.41, 5.74) is 3.44. The van der Waals surface area contributed by atoms with E-state index in [2.05, 4.69) is 59.0 Å². The highest BCUT2D eigenvalue weighted by Crippen LogP contribution is 2.41. The summed E-state index contributed by atoms with van der Waals surface area (Å²) < 4.78 is 5.10. The predicted octanol–water partition coefficient (Wildman–Crippen LogP) is 5.23. The SMILES string of the molecule is CCOC(=O)CNC(c1ccccc1)c1cc(C(C)(C)C)c(O)c(C(C)(C)C)c1. The summed E-state index contributed by atoms with van der Waals surface area (Å²) >= 11 is 0. The fraction of sp³-hybridized carbons (Fsp3) is 0.480. The van der Waals surface area contributed by atoms with E-state index in [4.69, 9.17) is 4.74 Å². The maximum atomic E-state index is 12.0. The number of phenolic OH excluding ortho intramolecular Hbond substituents is 1. The first kappa shape index (κ1) is 23.0. The highest BCUT2D eigenvalue weighted by Gasteiger charge is 2.28. The lowest BCUT2D eigenvalue weighted by atomic mass is 9.77. The number of carbonyl (C=O) groups is 1. The topological polar surface area (TPSA) is 58.6 Å². The van der Waals surface area contributed by atoms with Crippen molar-refractivity contribution in [1.29, 1.82) is 0 Å². The van der Waals surface area contributed by atoms with Gasteiger partial charge in [-0.1, -0.05) is 71.9 Å². The minimum atomic E-state index is -0.278. The molecule has 0 fully saturated rings. The first-order chi connectivity index (χ1) is 13.4. The zero-order valence-electron chi connectivity index (χ0n) is 18.8. The van der Waals surface area contributed by atoms with Crippen LogP contribution in [0.25, 0.3) is 0 Å². The highest BCUT2D eigenvalue weighted by atomic mass is 16.5. The first-order valence-corrected chi connectivity index (χ1v) is 10.3. The van der Waals surface area contributed by atoms with Gasteiger partial charge in [0.25, 0.3) is 0 Å². The monoisotopic (exact) mass is 397 g/mol. The van der Waals surface area contributed by atoms with E-state index in [9.17, 15) is 9.90 Å². The molecule has 0 spiro atoms. The minimum Gasteiger partial charge on any atom is -0.507 e. The number of carbonyl (C=O) groups excluding carboxylic acids is 1. The normalized spacial score (nSPS) is 13.2. The molecule has 0 aromatic heterocycles. The van der Waals surface area contributed by atoms with E-state index in [0.717, 1.165) is 22.3 Å². The van der Waals surface area contributed by atoms with Crippen LogP contribution in [-0.2, 0) is 20.4 Å². The smallest absolute Gasteiger partial charge is 0.319 e. The molecule has 0 saturated carbocycles. The molecular weight excluding hydrogens is 362 g/mol. The van der Waals surface area contributed by atoms with Gasteiger partial charge < -0.3 is 9.84 Å².